The second kappa shape index (κ2) is 8.28. The molecular formula is C22H18Cl2N2O2S. The Morgan fingerprint density at radius 1 is 0.897 bits per heavy atom. The molecular weight excluding hydrogens is 427 g/mol. The molecule has 1 heterocycles. The van der Waals surface area contributed by atoms with E-state index in [1.165, 1.54) is 9.87 Å². The van der Waals surface area contributed by atoms with Crippen molar-refractivity contribution in [3.63, 3.8) is 0 Å². The lowest BCUT2D eigenvalue weighted by Crippen LogP contribution is -2.35. The van der Waals surface area contributed by atoms with Crippen molar-refractivity contribution in [3.05, 3.63) is 93.5 Å². The summed E-state index contributed by atoms with van der Waals surface area (Å²) >= 11 is 11.9. The maximum atomic E-state index is 13.0. The zero-order valence-corrected chi connectivity index (χ0v) is 17.8. The molecule has 0 saturated carbocycles. The number of nitrogens with zero attached hydrogens (tertiary/aromatic N) is 2. The topological polar surface area (TPSA) is 49.7 Å². The van der Waals surface area contributed by atoms with Gasteiger partial charge < -0.3 is 0 Å². The number of aliphatic imine (C=N–C) groups is 1. The van der Waals surface area contributed by atoms with Gasteiger partial charge in [0.2, 0.25) is 10.0 Å². The van der Waals surface area contributed by atoms with E-state index in [1.54, 1.807) is 42.6 Å². The maximum absolute atomic E-state index is 13.0. The molecule has 0 radical (unpaired) electrons. The Hall–Kier alpha value is -2.18. The van der Waals surface area contributed by atoms with Crippen molar-refractivity contribution in [2.75, 3.05) is 6.54 Å². The highest BCUT2D eigenvalue weighted by Gasteiger charge is 2.28. The second-order valence-electron chi connectivity index (χ2n) is 6.78. The summed E-state index contributed by atoms with van der Waals surface area (Å²) in [6.07, 6.45) is 2.38. The largest absolute Gasteiger partial charge is 0.256 e. The van der Waals surface area contributed by atoms with Gasteiger partial charge in [-0.15, -0.1) is 0 Å². The third kappa shape index (κ3) is 4.38. The third-order valence-electron chi connectivity index (χ3n) is 4.88. The molecule has 0 bridgehead atoms. The molecule has 4 nitrogen and oxygen atoms in total. The van der Waals surface area contributed by atoms with E-state index >= 15 is 0 Å². The lowest BCUT2D eigenvalue weighted by molar-refractivity contribution is 0.391. The quantitative estimate of drug-likeness (QED) is 0.499. The fourth-order valence-electron chi connectivity index (χ4n) is 3.27. The molecule has 0 aliphatic carbocycles. The summed E-state index contributed by atoms with van der Waals surface area (Å²) in [7, 11) is -3.55. The van der Waals surface area contributed by atoms with Gasteiger partial charge in [-0.1, -0.05) is 53.5 Å². The summed E-state index contributed by atoms with van der Waals surface area (Å²) in [6.45, 7) is 0.881. The smallest absolute Gasteiger partial charge is 0.243 e. The van der Waals surface area contributed by atoms with Crippen LogP contribution in [-0.4, -0.2) is 25.5 Å². The third-order valence-corrected chi connectivity index (χ3v) is 7.47. The second-order valence-corrected chi connectivity index (χ2v) is 9.54. The van der Waals surface area contributed by atoms with Crippen LogP contribution in [-0.2, 0) is 23.0 Å². The Bertz CT molecular complexity index is 1180. The van der Waals surface area contributed by atoms with Gasteiger partial charge in [-0.2, -0.15) is 4.31 Å². The number of hydrogen-bond acceptors (Lipinski definition) is 3. The van der Waals surface area contributed by atoms with Crippen LogP contribution < -0.4 is 0 Å². The molecule has 0 amide bonds. The van der Waals surface area contributed by atoms with E-state index in [-0.39, 0.29) is 4.90 Å². The van der Waals surface area contributed by atoms with Crippen LogP contribution in [0.2, 0.25) is 10.0 Å². The Kier molecular flexibility index (Phi) is 5.74. The number of fused-ring (bicyclic) bond motifs is 1. The molecule has 0 atom stereocenters. The molecule has 1 aliphatic heterocycles. The van der Waals surface area contributed by atoms with E-state index in [9.17, 15) is 8.42 Å². The van der Waals surface area contributed by atoms with E-state index in [0.717, 1.165) is 17.5 Å². The van der Waals surface area contributed by atoms with Crippen molar-refractivity contribution in [1.82, 2.24) is 4.31 Å². The minimum atomic E-state index is -3.55. The fourth-order valence-corrected chi connectivity index (χ4v) is 5.00. The average Bonchev–Trinajstić information content (AvgIpc) is 2.74. The van der Waals surface area contributed by atoms with Crippen molar-refractivity contribution < 1.29 is 8.42 Å². The van der Waals surface area contributed by atoms with Crippen molar-refractivity contribution in [1.29, 1.82) is 0 Å². The van der Waals surface area contributed by atoms with Crippen LogP contribution in [0.25, 0.3) is 0 Å². The summed E-state index contributed by atoms with van der Waals surface area (Å²) in [6, 6.07) is 19.8. The Balaban J connectivity index is 1.51. The van der Waals surface area contributed by atoms with Gasteiger partial charge >= 0.3 is 0 Å². The van der Waals surface area contributed by atoms with Crippen LogP contribution in [0, 0.1) is 0 Å². The lowest BCUT2D eigenvalue weighted by Gasteiger charge is -2.28. The van der Waals surface area contributed by atoms with Gasteiger partial charge in [0.25, 0.3) is 0 Å². The zero-order valence-electron chi connectivity index (χ0n) is 15.4. The van der Waals surface area contributed by atoms with E-state index < -0.39 is 10.0 Å². The number of benzene rings is 3. The first-order chi connectivity index (χ1) is 13.9. The summed E-state index contributed by atoms with van der Waals surface area (Å²) in [5, 5.41) is 0.943. The van der Waals surface area contributed by atoms with Crippen LogP contribution in [0.5, 0.6) is 0 Å². The van der Waals surface area contributed by atoms with Crippen LogP contribution in [0.4, 0.5) is 5.69 Å². The van der Waals surface area contributed by atoms with Crippen LogP contribution in [0.1, 0.15) is 16.7 Å². The van der Waals surface area contributed by atoms with E-state index in [0.29, 0.717) is 28.8 Å². The molecule has 148 valence electrons. The Labute approximate surface area is 180 Å². The highest BCUT2D eigenvalue weighted by Crippen LogP contribution is 2.26. The van der Waals surface area contributed by atoms with E-state index in [1.807, 2.05) is 24.3 Å². The Morgan fingerprint density at radius 3 is 2.34 bits per heavy atom. The molecule has 1 aliphatic rings. The lowest BCUT2D eigenvalue weighted by atomic mass is 10.0. The fraction of sp³-hybridized carbons (Fsp3) is 0.136. The van der Waals surface area contributed by atoms with Gasteiger partial charge in [0.1, 0.15) is 0 Å². The predicted molar refractivity (Wildman–Crippen MR) is 118 cm³/mol. The van der Waals surface area contributed by atoms with Crippen molar-refractivity contribution >= 4 is 45.1 Å². The van der Waals surface area contributed by atoms with E-state index in [4.69, 9.17) is 23.2 Å². The first-order valence-corrected chi connectivity index (χ1v) is 11.3. The average molecular weight is 445 g/mol. The highest BCUT2D eigenvalue weighted by molar-refractivity contribution is 7.89. The molecule has 7 heteroatoms. The van der Waals surface area contributed by atoms with Gasteiger partial charge in [-0.3, -0.25) is 4.99 Å². The van der Waals surface area contributed by atoms with Crippen LogP contribution >= 0.6 is 23.2 Å². The summed E-state index contributed by atoms with van der Waals surface area (Å²) in [5.41, 5.74) is 3.73. The number of sulfonamides is 1. The summed E-state index contributed by atoms with van der Waals surface area (Å²) in [5.74, 6) is 0. The molecule has 29 heavy (non-hydrogen) atoms. The SMILES string of the molecule is O=S(=O)(c1ccc(N=Cc2ccc(Cl)c(Cl)c2)cc1)N1CCc2ccccc2C1. The monoisotopic (exact) mass is 444 g/mol. The normalized spacial score (nSPS) is 14.8. The molecule has 0 saturated heterocycles. The highest BCUT2D eigenvalue weighted by atomic mass is 35.5. The molecule has 4 rings (SSSR count). The predicted octanol–water partition coefficient (Wildman–Crippen LogP) is 5.49. The van der Waals surface area contributed by atoms with Gasteiger partial charge in [0.15, 0.2) is 0 Å². The molecule has 3 aromatic rings. The van der Waals surface area contributed by atoms with Gasteiger partial charge in [0, 0.05) is 19.3 Å². The standard InChI is InChI=1S/C22H18Cl2N2O2S/c23-21-10-5-16(13-22(21)24)14-25-19-6-8-20(9-7-19)29(27,28)26-12-11-17-3-1-2-4-18(17)15-26/h1-10,13-14H,11-12,15H2. The molecule has 0 spiro atoms. The molecule has 3 aromatic carbocycles. The molecule has 0 fully saturated rings. The first kappa shape index (κ1) is 20.1. The van der Waals surface area contributed by atoms with Crippen LogP contribution in [0.3, 0.4) is 0 Å². The zero-order chi connectivity index (χ0) is 20.4. The minimum Gasteiger partial charge on any atom is -0.256 e. The van der Waals surface area contributed by atoms with Crippen molar-refractivity contribution in [2.24, 2.45) is 4.99 Å². The molecule has 0 N–H and O–H groups in total. The number of hydrogen-bond donors (Lipinski definition) is 0. The maximum Gasteiger partial charge on any atom is 0.243 e. The minimum absolute atomic E-state index is 0.269. The molecule has 0 aromatic heterocycles. The number of rotatable bonds is 4. The summed E-state index contributed by atoms with van der Waals surface area (Å²) < 4.78 is 27.6. The van der Waals surface area contributed by atoms with Gasteiger partial charge in [-0.25, -0.2) is 8.42 Å². The first-order valence-electron chi connectivity index (χ1n) is 9.09. The Morgan fingerprint density at radius 2 is 1.62 bits per heavy atom. The van der Waals surface area contributed by atoms with Crippen molar-refractivity contribution in [2.45, 2.75) is 17.9 Å². The number of halogens is 2. The van der Waals surface area contributed by atoms with Crippen LogP contribution in [0.15, 0.2) is 76.6 Å². The van der Waals surface area contributed by atoms with E-state index in [2.05, 4.69) is 11.1 Å². The van der Waals surface area contributed by atoms with Gasteiger partial charge in [0.05, 0.1) is 20.6 Å². The summed E-state index contributed by atoms with van der Waals surface area (Å²) in [4.78, 5) is 4.65. The molecule has 0 unspecified atom stereocenters. The van der Waals surface area contributed by atoms with Gasteiger partial charge in [-0.05, 0) is 59.5 Å². The van der Waals surface area contributed by atoms with Crippen molar-refractivity contribution in [3.8, 4) is 0 Å².